The Bertz CT molecular complexity index is 487. The Morgan fingerprint density at radius 2 is 1.10 bits per heavy atom. The predicted octanol–water partition coefficient (Wildman–Crippen LogP) is 2.80. The lowest BCUT2D eigenvalue weighted by Gasteiger charge is -2.13. The highest BCUT2D eigenvalue weighted by Gasteiger charge is 2.17. The standard InChI is InChI=1S/C17H18O3/c18-15(11-16(19)13-7-3-1-4-8-13)12-17(20)14-9-5-2-6-10-14/h1-10,16-17,19-20H,11-12H2. The third kappa shape index (κ3) is 4.02. The molecule has 3 heteroatoms. The first-order chi connectivity index (χ1) is 9.66. The van der Waals surface area contributed by atoms with E-state index in [1.54, 1.807) is 24.3 Å². The summed E-state index contributed by atoms with van der Waals surface area (Å²) in [6, 6.07) is 18.1. The Balaban J connectivity index is 1.90. The molecule has 20 heavy (non-hydrogen) atoms. The van der Waals surface area contributed by atoms with Crippen molar-refractivity contribution in [3.8, 4) is 0 Å². The van der Waals surface area contributed by atoms with E-state index in [2.05, 4.69) is 0 Å². The monoisotopic (exact) mass is 270 g/mol. The van der Waals surface area contributed by atoms with Crippen molar-refractivity contribution in [1.29, 1.82) is 0 Å². The molecule has 2 aromatic rings. The molecule has 104 valence electrons. The summed E-state index contributed by atoms with van der Waals surface area (Å²) in [6.07, 6.45) is -1.58. The summed E-state index contributed by atoms with van der Waals surface area (Å²) in [5, 5.41) is 19.9. The molecule has 0 heterocycles. The van der Waals surface area contributed by atoms with E-state index in [9.17, 15) is 15.0 Å². The molecule has 2 aromatic carbocycles. The van der Waals surface area contributed by atoms with E-state index in [-0.39, 0.29) is 18.6 Å². The van der Waals surface area contributed by atoms with Crippen LogP contribution in [0.15, 0.2) is 60.7 Å². The van der Waals surface area contributed by atoms with Crippen LogP contribution >= 0.6 is 0 Å². The topological polar surface area (TPSA) is 57.5 Å². The summed E-state index contributed by atoms with van der Waals surface area (Å²) in [5.74, 6) is -0.155. The van der Waals surface area contributed by atoms with Gasteiger partial charge in [-0.25, -0.2) is 0 Å². The van der Waals surface area contributed by atoms with Crippen molar-refractivity contribution in [2.45, 2.75) is 25.0 Å². The average molecular weight is 270 g/mol. The van der Waals surface area contributed by atoms with Crippen molar-refractivity contribution >= 4 is 5.78 Å². The lowest BCUT2D eigenvalue weighted by Crippen LogP contribution is -2.11. The predicted molar refractivity (Wildman–Crippen MR) is 77.0 cm³/mol. The summed E-state index contributed by atoms with van der Waals surface area (Å²) < 4.78 is 0. The van der Waals surface area contributed by atoms with Crippen molar-refractivity contribution in [2.24, 2.45) is 0 Å². The van der Waals surface area contributed by atoms with Gasteiger partial charge in [0, 0.05) is 12.8 Å². The first kappa shape index (κ1) is 14.4. The van der Waals surface area contributed by atoms with Gasteiger partial charge >= 0.3 is 0 Å². The first-order valence-electron chi connectivity index (χ1n) is 6.64. The number of carbonyl (C=O) groups is 1. The van der Waals surface area contributed by atoms with Gasteiger partial charge in [0.2, 0.25) is 0 Å². The van der Waals surface area contributed by atoms with Crippen LogP contribution in [0.3, 0.4) is 0 Å². The molecule has 2 unspecified atom stereocenters. The molecule has 0 fully saturated rings. The van der Waals surface area contributed by atoms with Crippen LogP contribution in [0.2, 0.25) is 0 Å². The fourth-order valence-corrected chi connectivity index (χ4v) is 2.10. The maximum absolute atomic E-state index is 11.9. The van der Waals surface area contributed by atoms with E-state index in [0.29, 0.717) is 0 Å². The van der Waals surface area contributed by atoms with E-state index in [1.807, 2.05) is 36.4 Å². The fraction of sp³-hybridized carbons (Fsp3) is 0.235. The number of ketones is 1. The van der Waals surface area contributed by atoms with E-state index in [1.165, 1.54) is 0 Å². The number of hydrogen-bond acceptors (Lipinski definition) is 3. The highest BCUT2D eigenvalue weighted by atomic mass is 16.3. The molecule has 0 bridgehead atoms. The Labute approximate surface area is 118 Å². The van der Waals surface area contributed by atoms with Crippen LogP contribution in [-0.2, 0) is 4.79 Å². The van der Waals surface area contributed by atoms with E-state index in [4.69, 9.17) is 0 Å². The molecular weight excluding hydrogens is 252 g/mol. The van der Waals surface area contributed by atoms with E-state index >= 15 is 0 Å². The number of Topliss-reactive ketones (excluding diaryl/α,β-unsaturated/α-hetero) is 1. The number of hydrogen-bond donors (Lipinski definition) is 2. The molecule has 0 amide bonds. The van der Waals surface area contributed by atoms with Crippen molar-refractivity contribution in [2.75, 3.05) is 0 Å². The fourth-order valence-electron chi connectivity index (χ4n) is 2.10. The SMILES string of the molecule is O=C(CC(O)c1ccccc1)CC(O)c1ccccc1. The highest BCUT2D eigenvalue weighted by Crippen LogP contribution is 2.21. The molecule has 2 atom stereocenters. The molecule has 3 nitrogen and oxygen atoms in total. The van der Waals surface area contributed by atoms with Crippen LogP contribution in [0, 0.1) is 0 Å². The van der Waals surface area contributed by atoms with Gasteiger partial charge in [0.15, 0.2) is 0 Å². The Morgan fingerprint density at radius 1 is 0.750 bits per heavy atom. The molecule has 0 aliphatic carbocycles. The zero-order valence-electron chi connectivity index (χ0n) is 11.1. The van der Waals surface area contributed by atoms with Crippen LogP contribution in [-0.4, -0.2) is 16.0 Å². The van der Waals surface area contributed by atoms with Crippen LogP contribution in [0.4, 0.5) is 0 Å². The maximum atomic E-state index is 11.9. The number of benzene rings is 2. The summed E-state index contributed by atoms with van der Waals surface area (Å²) in [4.78, 5) is 11.9. The molecule has 0 spiro atoms. The molecule has 0 aromatic heterocycles. The normalized spacial score (nSPS) is 13.7. The number of aliphatic hydroxyl groups is 2. The maximum Gasteiger partial charge on any atom is 0.138 e. The molecular formula is C17H18O3. The van der Waals surface area contributed by atoms with Crippen LogP contribution in [0.25, 0.3) is 0 Å². The number of carbonyl (C=O) groups excluding carboxylic acids is 1. The molecule has 2 N–H and O–H groups in total. The molecule has 0 radical (unpaired) electrons. The van der Waals surface area contributed by atoms with Crippen molar-refractivity contribution in [1.82, 2.24) is 0 Å². The van der Waals surface area contributed by atoms with Gasteiger partial charge in [-0.3, -0.25) is 4.79 Å². The van der Waals surface area contributed by atoms with Crippen LogP contribution < -0.4 is 0 Å². The van der Waals surface area contributed by atoms with Crippen molar-refractivity contribution in [3.63, 3.8) is 0 Å². The second-order valence-corrected chi connectivity index (χ2v) is 4.80. The van der Waals surface area contributed by atoms with Crippen LogP contribution in [0.5, 0.6) is 0 Å². The lowest BCUT2D eigenvalue weighted by atomic mass is 9.98. The minimum Gasteiger partial charge on any atom is -0.388 e. The average Bonchev–Trinajstić information content (AvgIpc) is 2.49. The second-order valence-electron chi connectivity index (χ2n) is 4.80. The quantitative estimate of drug-likeness (QED) is 0.848. The Kier molecular flexibility index (Phi) is 5.04. The zero-order valence-corrected chi connectivity index (χ0v) is 11.1. The van der Waals surface area contributed by atoms with Gasteiger partial charge in [-0.1, -0.05) is 60.7 Å². The van der Waals surface area contributed by atoms with Crippen molar-refractivity contribution in [3.05, 3.63) is 71.8 Å². The Hall–Kier alpha value is -1.97. The van der Waals surface area contributed by atoms with Gasteiger partial charge in [-0.15, -0.1) is 0 Å². The van der Waals surface area contributed by atoms with Gasteiger partial charge in [-0.2, -0.15) is 0 Å². The molecule has 0 saturated heterocycles. The second kappa shape index (κ2) is 6.98. The number of aliphatic hydroxyl groups excluding tert-OH is 2. The molecule has 2 rings (SSSR count). The van der Waals surface area contributed by atoms with Crippen molar-refractivity contribution < 1.29 is 15.0 Å². The third-order valence-corrected chi connectivity index (χ3v) is 3.21. The third-order valence-electron chi connectivity index (χ3n) is 3.21. The number of rotatable bonds is 6. The molecule has 0 aliphatic heterocycles. The Morgan fingerprint density at radius 3 is 1.45 bits per heavy atom. The van der Waals surface area contributed by atoms with Gasteiger partial charge in [0.05, 0.1) is 12.2 Å². The van der Waals surface area contributed by atoms with Gasteiger partial charge in [-0.05, 0) is 11.1 Å². The van der Waals surface area contributed by atoms with Gasteiger partial charge in [0.1, 0.15) is 5.78 Å². The smallest absolute Gasteiger partial charge is 0.138 e. The summed E-state index contributed by atoms with van der Waals surface area (Å²) >= 11 is 0. The summed E-state index contributed by atoms with van der Waals surface area (Å²) in [5.41, 5.74) is 1.44. The lowest BCUT2D eigenvalue weighted by molar-refractivity contribution is -0.123. The van der Waals surface area contributed by atoms with E-state index in [0.717, 1.165) is 11.1 Å². The summed E-state index contributed by atoms with van der Waals surface area (Å²) in [6.45, 7) is 0. The van der Waals surface area contributed by atoms with Crippen LogP contribution in [0.1, 0.15) is 36.2 Å². The largest absolute Gasteiger partial charge is 0.388 e. The minimum atomic E-state index is -0.813. The first-order valence-corrected chi connectivity index (χ1v) is 6.64. The van der Waals surface area contributed by atoms with Gasteiger partial charge < -0.3 is 10.2 Å². The minimum absolute atomic E-state index is 0.0217. The highest BCUT2D eigenvalue weighted by molar-refractivity contribution is 5.79. The molecule has 0 aliphatic rings. The van der Waals surface area contributed by atoms with Gasteiger partial charge in [0.25, 0.3) is 0 Å². The summed E-state index contributed by atoms with van der Waals surface area (Å²) in [7, 11) is 0. The zero-order chi connectivity index (χ0) is 14.4. The van der Waals surface area contributed by atoms with E-state index < -0.39 is 12.2 Å². The molecule has 0 saturated carbocycles.